The van der Waals surface area contributed by atoms with Gasteiger partial charge in [0.05, 0.1) is 5.69 Å². The number of aromatic nitrogens is 1. The molecule has 21 heavy (non-hydrogen) atoms. The third kappa shape index (κ3) is 4.05. The van der Waals surface area contributed by atoms with Crippen molar-refractivity contribution in [2.75, 3.05) is 0 Å². The number of pyridine rings is 1. The summed E-state index contributed by atoms with van der Waals surface area (Å²) in [5.41, 5.74) is 10.2. The summed E-state index contributed by atoms with van der Waals surface area (Å²) in [6.07, 6.45) is 1.71. The average molecular weight is 284 g/mol. The molecule has 0 aliphatic heterocycles. The van der Waals surface area contributed by atoms with Gasteiger partial charge in [0.1, 0.15) is 11.5 Å². The Labute approximate surface area is 127 Å². The van der Waals surface area contributed by atoms with Crippen LogP contribution in [0.2, 0.25) is 0 Å². The summed E-state index contributed by atoms with van der Waals surface area (Å²) in [6.45, 7) is 8.16. The van der Waals surface area contributed by atoms with Gasteiger partial charge >= 0.3 is 0 Å². The van der Waals surface area contributed by atoms with Crippen LogP contribution >= 0.6 is 0 Å². The maximum Gasteiger partial charge on any atom is 0.148 e. The van der Waals surface area contributed by atoms with Crippen LogP contribution in [-0.2, 0) is 12.8 Å². The summed E-state index contributed by atoms with van der Waals surface area (Å²) in [7, 11) is 0. The SMILES string of the molecule is CCc1nc(C)ccc1Oc1cc(CC(C)N)ccc1C. The highest BCUT2D eigenvalue weighted by molar-refractivity contribution is 5.41. The minimum atomic E-state index is 0.146. The zero-order valence-corrected chi connectivity index (χ0v) is 13.3. The Hall–Kier alpha value is -1.87. The number of nitrogens with two attached hydrogens (primary N) is 1. The largest absolute Gasteiger partial charge is 0.455 e. The first kappa shape index (κ1) is 15.5. The molecule has 1 aromatic heterocycles. The average Bonchev–Trinajstić information content (AvgIpc) is 2.43. The lowest BCUT2D eigenvalue weighted by Gasteiger charge is -2.14. The Morgan fingerprint density at radius 2 is 1.90 bits per heavy atom. The molecule has 2 N–H and O–H groups in total. The summed E-state index contributed by atoms with van der Waals surface area (Å²) < 4.78 is 6.11. The van der Waals surface area contributed by atoms with Crippen LogP contribution in [0.15, 0.2) is 30.3 Å². The van der Waals surface area contributed by atoms with Gasteiger partial charge in [0.25, 0.3) is 0 Å². The van der Waals surface area contributed by atoms with Crippen LogP contribution in [-0.4, -0.2) is 11.0 Å². The second-order valence-corrected chi connectivity index (χ2v) is 5.63. The van der Waals surface area contributed by atoms with Crippen molar-refractivity contribution in [3.05, 3.63) is 52.8 Å². The molecule has 112 valence electrons. The fourth-order valence-electron chi connectivity index (χ4n) is 2.32. The quantitative estimate of drug-likeness (QED) is 0.904. The second kappa shape index (κ2) is 6.72. The monoisotopic (exact) mass is 284 g/mol. The lowest BCUT2D eigenvalue weighted by atomic mass is 10.1. The molecule has 3 nitrogen and oxygen atoms in total. The number of ether oxygens (including phenoxy) is 1. The summed E-state index contributed by atoms with van der Waals surface area (Å²) >= 11 is 0. The van der Waals surface area contributed by atoms with Crippen molar-refractivity contribution in [3.8, 4) is 11.5 Å². The smallest absolute Gasteiger partial charge is 0.148 e. The zero-order valence-electron chi connectivity index (χ0n) is 13.3. The van der Waals surface area contributed by atoms with E-state index in [1.54, 1.807) is 0 Å². The van der Waals surface area contributed by atoms with Crippen LogP contribution in [0, 0.1) is 13.8 Å². The molecule has 1 atom stereocenters. The molecule has 0 saturated heterocycles. The van der Waals surface area contributed by atoms with Crippen LogP contribution in [0.25, 0.3) is 0 Å². The van der Waals surface area contributed by atoms with Gasteiger partial charge in [-0.3, -0.25) is 4.98 Å². The molecule has 0 spiro atoms. The number of aryl methyl sites for hydroxylation is 3. The Morgan fingerprint density at radius 3 is 2.57 bits per heavy atom. The van der Waals surface area contributed by atoms with Gasteiger partial charge in [0.2, 0.25) is 0 Å². The van der Waals surface area contributed by atoms with Gasteiger partial charge < -0.3 is 10.5 Å². The normalized spacial score (nSPS) is 12.2. The van der Waals surface area contributed by atoms with E-state index in [0.717, 1.165) is 41.3 Å². The lowest BCUT2D eigenvalue weighted by Crippen LogP contribution is -2.17. The van der Waals surface area contributed by atoms with E-state index in [1.165, 1.54) is 5.56 Å². The topological polar surface area (TPSA) is 48.1 Å². The Morgan fingerprint density at radius 1 is 1.14 bits per heavy atom. The predicted octanol–water partition coefficient (Wildman–Crippen LogP) is 3.94. The van der Waals surface area contributed by atoms with Crippen molar-refractivity contribution in [1.29, 1.82) is 0 Å². The van der Waals surface area contributed by atoms with Gasteiger partial charge in [-0.05, 0) is 62.9 Å². The Bertz CT molecular complexity index is 621. The minimum Gasteiger partial charge on any atom is -0.455 e. The van der Waals surface area contributed by atoms with Crippen LogP contribution in [0.1, 0.15) is 36.4 Å². The molecule has 3 heteroatoms. The fraction of sp³-hybridized carbons (Fsp3) is 0.389. The van der Waals surface area contributed by atoms with E-state index < -0.39 is 0 Å². The molecule has 0 aliphatic carbocycles. The van der Waals surface area contributed by atoms with Crippen LogP contribution in [0.3, 0.4) is 0 Å². The molecule has 0 saturated carbocycles. The summed E-state index contributed by atoms with van der Waals surface area (Å²) in [6, 6.07) is 10.4. The summed E-state index contributed by atoms with van der Waals surface area (Å²) in [5.74, 6) is 1.72. The van der Waals surface area contributed by atoms with Gasteiger partial charge in [-0.15, -0.1) is 0 Å². The minimum absolute atomic E-state index is 0.146. The summed E-state index contributed by atoms with van der Waals surface area (Å²) in [4.78, 5) is 4.54. The van der Waals surface area contributed by atoms with Crippen LogP contribution < -0.4 is 10.5 Å². The van der Waals surface area contributed by atoms with E-state index in [0.29, 0.717) is 0 Å². The van der Waals surface area contributed by atoms with Crippen molar-refractivity contribution in [2.45, 2.75) is 46.6 Å². The molecule has 1 aromatic carbocycles. The predicted molar refractivity (Wildman–Crippen MR) is 87.0 cm³/mol. The van der Waals surface area contributed by atoms with E-state index in [4.69, 9.17) is 10.5 Å². The number of hydrogen-bond donors (Lipinski definition) is 1. The number of rotatable bonds is 5. The molecule has 0 fully saturated rings. The van der Waals surface area contributed by atoms with Crippen molar-refractivity contribution in [2.24, 2.45) is 5.73 Å². The highest BCUT2D eigenvalue weighted by Crippen LogP contribution is 2.28. The second-order valence-electron chi connectivity index (χ2n) is 5.63. The number of hydrogen-bond acceptors (Lipinski definition) is 3. The fourth-order valence-corrected chi connectivity index (χ4v) is 2.32. The first-order chi connectivity index (χ1) is 9.99. The molecule has 0 bridgehead atoms. The van der Waals surface area contributed by atoms with Crippen molar-refractivity contribution in [1.82, 2.24) is 4.98 Å². The van der Waals surface area contributed by atoms with E-state index in [2.05, 4.69) is 37.0 Å². The van der Waals surface area contributed by atoms with E-state index in [9.17, 15) is 0 Å². The number of nitrogens with zero attached hydrogens (tertiary/aromatic N) is 1. The third-order valence-electron chi connectivity index (χ3n) is 3.44. The summed E-state index contributed by atoms with van der Waals surface area (Å²) in [5, 5.41) is 0. The van der Waals surface area contributed by atoms with Gasteiger partial charge in [-0.1, -0.05) is 19.1 Å². The van der Waals surface area contributed by atoms with E-state index in [-0.39, 0.29) is 6.04 Å². The first-order valence-electron chi connectivity index (χ1n) is 7.49. The maximum absolute atomic E-state index is 6.11. The van der Waals surface area contributed by atoms with Crippen LogP contribution in [0.5, 0.6) is 11.5 Å². The van der Waals surface area contributed by atoms with Crippen LogP contribution in [0.4, 0.5) is 0 Å². The number of benzene rings is 1. The Balaban J connectivity index is 2.30. The molecule has 0 aliphatic rings. The van der Waals surface area contributed by atoms with Gasteiger partial charge in [-0.25, -0.2) is 0 Å². The standard InChI is InChI=1S/C18H24N2O/c1-5-16-17(9-7-14(4)20-16)21-18-11-15(10-13(3)19)8-6-12(18)2/h6-9,11,13H,5,10,19H2,1-4H3. The van der Waals surface area contributed by atoms with Crippen molar-refractivity contribution >= 4 is 0 Å². The molecule has 1 heterocycles. The highest BCUT2D eigenvalue weighted by atomic mass is 16.5. The third-order valence-corrected chi connectivity index (χ3v) is 3.44. The van der Waals surface area contributed by atoms with Crippen molar-refractivity contribution in [3.63, 3.8) is 0 Å². The molecular weight excluding hydrogens is 260 g/mol. The zero-order chi connectivity index (χ0) is 15.4. The first-order valence-corrected chi connectivity index (χ1v) is 7.49. The van der Waals surface area contributed by atoms with Gasteiger partial charge in [0.15, 0.2) is 0 Å². The highest BCUT2D eigenvalue weighted by Gasteiger charge is 2.09. The molecular formula is C18H24N2O. The Kier molecular flexibility index (Phi) is 4.97. The molecule has 2 aromatic rings. The lowest BCUT2D eigenvalue weighted by molar-refractivity contribution is 0.468. The van der Waals surface area contributed by atoms with E-state index in [1.807, 2.05) is 26.0 Å². The van der Waals surface area contributed by atoms with Crippen molar-refractivity contribution < 1.29 is 4.74 Å². The maximum atomic E-state index is 6.11. The van der Waals surface area contributed by atoms with E-state index >= 15 is 0 Å². The van der Waals surface area contributed by atoms with Gasteiger partial charge in [-0.2, -0.15) is 0 Å². The molecule has 0 radical (unpaired) electrons. The molecule has 1 unspecified atom stereocenters. The van der Waals surface area contributed by atoms with Gasteiger partial charge in [0, 0.05) is 11.7 Å². The molecule has 0 amide bonds. The molecule has 2 rings (SSSR count).